The maximum atomic E-state index is 12.6. The van der Waals surface area contributed by atoms with Crippen molar-refractivity contribution in [3.8, 4) is 5.75 Å². The smallest absolute Gasteiger partial charge is 0.310 e. The summed E-state index contributed by atoms with van der Waals surface area (Å²) in [5.41, 5.74) is 0. The minimum atomic E-state index is -0.240. The zero-order chi connectivity index (χ0) is 21.5. The third kappa shape index (κ3) is 5.66. The van der Waals surface area contributed by atoms with Gasteiger partial charge in [0, 0.05) is 20.1 Å². The zero-order valence-corrected chi connectivity index (χ0v) is 18.6. The van der Waals surface area contributed by atoms with Crippen molar-refractivity contribution in [2.45, 2.75) is 31.5 Å². The lowest BCUT2D eigenvalue weighted by molar-refractivity contribution is -0.151. The molecule has 30 heavy (non-hydrogen) atoms. The lowest BCUT2D eigenvalue weighted by Gasteiger charge is -2.31. The Morgan fingerprint density at radius 3 is 2.87 bits per heavy atom. The summed E-state index contributed by atoms with van der Waals surface area (Å²) in [5.74, 6) is 0.950. The number of ether oxygens (including phenoxy) is 2. The number of carbonyl (C=O) groups excluding carboxylic acids is 2. The first-order valence-corrected chi connectivity index (χ1v) is 11.2. The Balaban J connectivity index is 1.51. The van der Waals surface area contributed by atoms with Crippen LogP contribution in [-0.4, -0.2) is 57.0 Å². The molecule has 3 rings (SSSR count). The van der Waals surface area contributed by atoms with Crippen molar-refractivity contribution >= 4 is 35.2 Å². The van der Waals surface area contributed by atoms with E-state index in [9.17, 15) is 9.59 Å². The standard InChI is InChI=1S/C20H25ClN4O4S/c1-3-28-19(27)14-7-6-10-25(11-14)18(26)13-30-20-23-22-17(24(20)2)12-29-16-9-5-4-8-15(16)21/h4-5,8-9,14H,3,6-7,10-13H2,1-2H3/t14-/m0/s1. The fraction of sp³-hybridized carbons (Fsp3) is 0.500. The van der Waals surface area contributed by atoms with Crippen LogP contribution in [0.4, 0.5) is 0 Å². The molecule has 162 valence electrons. The molecule has 0 N–H and O–H groups in total. The Hall–Kier alpha value is -2.26. The van der Waals surface area contributed by atoms with E-state index in [1.165, 1.54) is 11.8 Å². The fourth-order valence-corrected chi connectivity index (χ4v) is 4.20. The summed E-state index contributed by atoms with van der Waals surface area (Å²) >= 11 is 7.41. The molecule has 0 spiro atoms. The molecule has 1 fully saturated rings. The van der Waals surface area contributed by atoms with E-state index in [-0.39, 0.29) is 30.2 Å². The van der Waals surface area contributed by atoms with E-state index in [1.807, 2.05) is 19.2 Å². The molecule has 1 amide bonds. The molecule has 1 atom stereocenters. The van der Waals surface area contributed by atoms with Gasteiger partial charge in [0.15, 0.2) is 11.0 Å². The number of aromatic nitrogens is 3. The van der Waals surface area contributed by atoms with Crippen LogP contribution in [0.15, 0.2) is 29.4 Å². The first-order chi connectivity index (χ1) is 14.5. The summed E-state index contributed by atoms with van der Waals surface area (Å²) in [6.07, 6.45) is 1.56. The second-order valence-electron chi connectivity index (χ2n) is 6.90. The van der Waals surface area contributed by atoms with E-state index in [4.69, 9.17) is 21.1 Å². The quantitative estimate of drug-likeness (QED) is 0.449. The SMILES string of the molecule is CCOC(=O)[C@H]1CCCN(C(=O)CSc2nnc(COc3ccccc3Cl)n2C)C1. The van der Waals surface area contributed by atoms with Crippen LogP contribution >= 0.6 is 23.4 Å². The number of nitrogens with zero attached hydrogens (tertiary/aromatic N) is 4. The van der Waals surface area contributed by atoms with Crippen LogP contribution in [0.1, 0.15) is 25.6 Å². The van der Waals surface area contributed by atoms with Gasteiger partial charge < -0.3 is 18.9 Å². The van der Waals surface area contributed by atoms with Crippen LogP contribution in [0.5, 0.6) is 5.75 Å². The van der Waals surface area contributed by atoms with Crippen LogP contribution in [0.3, 0.4) is 0 Å². The summed E-state index contributed by atoms with van der Waals surface area (Å²) in [7, 11) is 1.83. The van der Waals surface area contributed by atoms with E-state index < -0.39 is 0 Å². The second kappa shape index (κ2) is 10.7. The monoisotopic (exact) mass is 452 g/mol. The average molecular weight is 453 g/mol. The average Bonchev–Trinajstić information content (AvgIpc) is 3.11. The molecular formula is C20H25ClN4O4S. The molecule has 1 aromatic heterocycles. The number of piperidine rings is 1. The van der Waals surface area contributed by atoms with Crippen LogP contribution in [0.25, 0.3) is 0 Å². The molecule has 10 heteroatoms. The Morgan fingerprint density at radius 2 is 2.10 bits per heavy atom. The topological polar surface area (TPSA) is 86.6 Å². The number of halogens is 1. The van der Waals surface area contributed by atoms with Gasteiger partial charge in [-0.3, -0.25) is 9.59 Å². The number of likely N-dealkylation sites (tertiary alicyclic amines) is 1. The van der Waals surface area contributed by atoms with Gasteiger partial charge in [-0.25, -0.2) is 0 Å². The van der Waals surface area contributed by atoms with Crippen LogP contribution < -0.4 is 4.74 Å². The van der Waals surface area contributed by atoms with E-state index in [2.05, 4.69) is 10.2 Å². The van der Waals surface area contributed by atoms with Crippen molar-refractivity contribution in [1.29, 1.82) is 0 Å². The minimum absolute atomic E-state index is 0.0223. The fourth-order valence-electron chi connectivity index (χ4n) is 3.17. The van der Waals surface area contributed by atoms with Gasteiger partial charge >= 0.3 is 5.97 Å². The zero-order valence-electron chi connectivity index (χ0n) is 17.0. The van der Waals surface area contributed by atoms with Gasteiger partial charge in [0.25, 0.3) is 0 Å². The second-order valence-corrected chi connectivity index (χ2v) is 8.25. The Kier molecular flexibility index (Phi) is 7.98. The Bertz CT molecular complexity index is 891. The first-order valence-electron chi connectivity index (χ1n) is 9.82. The number of para-hydroxylation sites is 1. The maximum Gasteiger partial charge on any atom is 0.310 e. The largest absolute Gasteiger partial charge is 0.484 e. The molecule has 1 saturated heterocycles. The van der Waals surface area contributed by atoms with Gasteiger partial charge in [0.2, 0.25) is 5.91 Å². The third-order valence-corrected chi connectivity index (χ3v) is 6.15. The number of thioether (sulfide) groups is 1. The normalized spacial score (nSPS) is 16.4. The van der Waals surface area contributed by atoms with E-state index in [0.29, 0.717) is 41.4 Å². The van der Waals surface area contributed by atoms with Gasteiger partial charge in [0.05, 0.1) is 23.3 Å². The van der Waals surface area contributed by atoms with E-state index in [1.54, 1.807) is 28.5 Å². The summed E-state index contributed by atoms with van der Waals surface area (Å²) in [4.78, 5) is 26.3. The van der Waals surface area contributed by atoms with Crippen molar-refractivity contribution in [3.05, 3.63) is 35.1 Å². The molecule has 0 aliphatic carbocycles. The minimum Gasteiger partial charge on any atom is -0.484 e. The predicted molar refractivity (Wildman–Crippen MR) is 113 cm³/mol. The predicted octanol–water partition coefficient (Wildman–Crippen LogP) is 2.94. The highest BCUT2D eigenvalue weighted by molar-refractivity contribution is 7.99. The Labute approximate surface area is 184 Å². The van der Waals surface area contributed by atoms with Crippen LogP contribution in [0, 0.1) is 5.92 Å². The number of esters is 1. The molecule has 0 radical (unpaired) electrons. The van der Waals surface area contributed by atoms with Gasteiger partial charge in [-0.1, -0.05) is 35.5 Å². The van der Waals surface area contributed by atoms with Crippen molar-refractivity contribution < 1.29 is 19.1 Å². The van der Waals surface area contributed by atoms with Crippen molar-refractivity contribution in [1.82, 2.24) is 19.7 Å². The summed E-state index contributed by atoms with van der Waals surface area (Å²) in [6, 6.07) is 7.22. The lowest BCUT2D eigenvalue weighted by Crippen LogP contribution is -2.43. The van der Waals surface area contributed by atoms with Gasteiger partial charge in [-0.05, 0) is 31.9 Å². The number of carbonyl (C=O) groups is 2. The van der Waals surface area contributed by atoms with E-state index >= 15 is 0 Å². The number of rotatable bonds is 8. The van der Waals surface area contributed by atoms with Gasteiger partial charge in [-0.2, -0.15) is 0 Å². The molecule has 2 heterocycles. The molecule has 8 nitrogen and oxygen atoms in total. The molecule has 0 unspecified atom stereocenters. The van der Waals surface area contributed by atoms with E-state index in [0.717, 1.165) is 12.8 Å². The molecule has 0 bridgehead atoms. The van der Waals surface area contributed by atoms with Crippen LogP contribution in [0.2, 0.25) is 5.02 Å². The molecule has 1 aliphatic rings. The van der Waals surface area contributed by atoms with Crippen LogP contribution in [-0.2, 0) is 28.0 Å². The van der Waals surface area contributed by atoms with Crippen molar-refractivity contribution in [2.75, 3.05) is 25.4 Å². The highest BCUT2D eigenvalue weighted by Gasteiger charge is 2.29. The number of hydrogen-bond donors (Lipinski definition) is 0. The van der Waals surface area contributed by atoms with Crippen molar-refractivity contribution in [3.63, 3.8) is 0 Å². The first kappa shape index (κ1) is 22.4. The van der Waals surface area contributed by atoms with Crippen molar-refractivity contribution in [2.24, 2.45) is 13.0 Å². The number of benzene rings is 1. The van der Waals surface area contributed by atoms with Gasteiger partial charge in [0.1, 0.15) is 12.4 Å². The molecule has 0 saturated carbocycles. The number of hydrogen-bond acceptors (Lipinski definition) is 7. The molecule has 1 aromatic carbocycles. The summed E-state index contributed by atoms with van der Waals surface area (Å²) in [5, 5.41) is 9.45. The lowest BCUT2D eigenvalue weighted by atomic mass is 9.98. The van der Waals surface area contributed by atoms with Gasteiger partial charge in [-0.15, -0.1) is 10.2 Å². The Morgan fingerprint density at radius 1 is 1.30 bits per heavy atom. The molecule has 1 aliphatic heterocycles. The maximum absolute atomic E-state index is 12.6. The molecular weight excluding hydrogens is 428 g/mol. The summed E-state index contributed by atoms with van der Waals surface area (Å²) < 4.78 is 12.6. The highest BCUT2D eigenvalue weighted by Crippen LogP contribution is 2.25. The summed E-state index contributed by atoms with van der Waals surface area (Å²) in [6.45, 7) is 3.43. The third-order valence-electron chi connectivity index (χ3n) is 4.84. The highest BCUT2D eigenvalue weighted by atomic mass is 35.5. The molecule has 2 aromatic rings. The number of amides is 1.